The number of hydrogen-bond donors (Lipinski definition) is 4. The van der Waals surface area contributed by atoms with Gasteiger partial charge in [-0.25, -0.2) is 0 Å². The minimum absolute atomic E-state index is 0.0289. The van der Waals surface area contributed by atoms with Crippen LogP contribution in [0, 0.1) is 35.5 Å². The van der Waals surface area contributed by atoms with Gasteiger partial charge in [0.05, 0.1) is 24.3 Å². The highest BCUT2D eigenvalue weighted by Gasteiger charge is 2.40. The lowest BCUT2D eigenvalue weighted by Gasteiger charge is -2.35. The molecule has 4 rings (SSSR count). The lowest BCUT2D eigenvalue weighted by atomic mass is 10.1. The highest BCUT2D eigenvalue weighted by atomic mass is 16.5. The maximum atomic E-state index is 14.4. The van der Waals surface area contributed by atoms with E-state index in [-0.39, 0.29) is 72.6 Å². The van der Waals surface area contributed by atoms with Gasteiger partial charge >= 0.3 is 0 Å². The summed E-state index contributed by atoms with van der Waals surface area (Å²) in [6.45, 7) is 17.1. The van der Waals surface area contributed by atoms with Crippen molar-refractivity contribution in [1.29, 1.82) is 0 Å². The van der Waals surface area contributed by atoms with E-state index in [1.54, 1.807) is 51.6 Å². The Kier molecular flexibility index (Phi) is 24.7. The molecule has 0 aromatic heterocycles. The van der Waals surface area contributed by atoms with Crippen LogP contribution in [0.5, 0.6) is 0 Å². The predicted octanol–water partition coefficient (Wildman–Crippen LogP) is 3.43. The van der Waals surface area contributed by atoms with Crippen molar-refractivity contribution < 1.29 is 38.2 Å². The zero-order valence-electron chi connectivity index (χ0n) is 44.5. The molecular weight excluding hydrogens is 913 g/mol. The first-order valence-electron chi connectivity index (χ1n) is 25.9. The van der Waals surface area contributed by atoms with Crippen molar-refractivity contribution in [3.05, 3.63) is 71.8 Å². The van der Waals surface area contributed by atoms with E-state index in [9.17, 15) is 28.8 Å². The lowest BCUT2D eigenvalue weighted by Crippen LogP contribution is -2.59. The molecule has 2 saturated heterocycles. The smallest absolute Gasteiger partial charge is 0.248 e. The van der Waals surface area contributed by atoms with Gasteiger partial charge in [-0.15, -0.1) is 0 Å². The number of likely N-dealkylation sites (tertiary alicyclic amines) is 2. The second kappa shape index (κ2) is 30.3. The molecule has 2 aliphatic rings. The highest BCUT2D eigenvalue weighted by Crippen LogP contribution is 2.24. The molecule has 2 aliphatic heterocycles. The summed E-state index contributed by atoms with van der Waals surface area (Å²) in [5.41, 5.74) is 2.26. The Morgan fingerprint density at radius 3 is 1.28 bits per heavy atom. The number of benzene rings is 2. The van der Waals surface area contributed by atoms with Gasteiger partial charge in [0, 0.05) is 63.2 Å². The van der Waals surface area contributed by atoms with Gasteiger partial charge in [0.2, 0.25) is 35.4 Å². The monoisotopic (exact) mass is 995 g/mol. The fraction of sp³-hybridized carbons (Fsp3) is 0.607. The SMILES string of the molecule is CN[C@@H](C)C(=O)N[C@H](C(=O)N1CCC[C@H]1CN(CCc1ccccc1)C(=O)C(C)C)[C@@H](C)OCC#CC#CCO[C@H](C)[C@H](NC(=O)[C@H](C)NC)C(=O)N1CCC[C@H]1CN(CCc1ccccc1)C(=O)C(C)C. The van der Waals surface area contributed by atoms with E-state index in [1.807, 2.05) is 98.2 Å². The molecule has 2 heterocycles. The summed E-state index contributed by atoms with van der Waals surface area (Å²) in [4.78, 5) is 89.3. The van der Waals surface area contributed by atoms with E-state index in [0.29, 0.717) is 52.1 Å². The molecule has 0 spiro atoms. The van der Waals surface area contributed by atoms with Crippen LogP contribution in [-0.2, 0) is 51.1 Å². The predicted molar refractivity (Wildman–Crippen MR) is 280 cm³/mol. The Hall–Kier alpha value is -5.78. The Labute approximate surface area is 429 Å². The first kappa shape index (κ1) is 58.8. The van der Waals surface area contributed by atoms with E-state index in [0.717, 1.165) is 36.8 Å². The second-order valence-corrected chi connectivity index (χ2v) is 19.6. The molecule has 0 saturated carbocycles. The molecule has 72 heavy (non-hydrogen) atoms. The molecule has 2 aromatic rings. The number of ether oxygens (including phenoxy) is 2. The first-order valence-corrected chi connectivity index (χ1v) is 25.9. The van der Waals surface area contributed by atoms with E-state index < -0.39 is 36.4 Å². The summed E-state index contributed by atoms with van der Waals surface area (Å²) in [5.74, 6) is 9.63. The van der Waals surface area contributed by atoms with Crippen LogP contribution < -0.4 is 21.3 Å². The van der Waals surface area contributed by atoms with Gasteiger partial charge in [-0.05, 0) is 103 Å². The fourth-order valence-electron chi connectivity index (χ4n) is 8.91. The summed E-state index contributed by atoms with van der Waals surface area (Å²) in [6, 6.07) is 16.4. The Bertz CT molecular complexity index is 2030. The van der Waals surface area contributed by atoms with Crippen molar-refractivity contribution >= 4 is 35.4 Å². The van der Waals surface area contributed by atoms with Gasteiger partial charge in [-0.1, -0.05) is 100 Å². The van der Waals surface area contributed by atoms with Crippen LogP contribution in [0.3, 0.4) is 0 Å². The Balaban J connectivity index is 1.39. The van der Waals surface area contributed by atoms with Crippen LogP contribution in [0.15, 0.2) is 60.7 Å². The molecule has 4 N–H and O–H groups in total. The highest BCUT2D eigenvalue weighted by molar-refractivity contribution is 5.91. The van der Waals surface area contributed by atoms with Crippen LogP contribution in [0.1, 0.15) is 92.2 Å². The van der Waals surface area contributed by atoms with Crippen LogP contribution in [0.25, 0.3) is 0 Å². The van der Waals surface area contributed by atoms with Gasteiger partial charge in [-0.3, -0.25) is 28.8 Å². The van der Waals surface area contributed by atoms with Crippen LogP contribution in [-0.4, -0.2) is 170 Å². The fourth-order valence-corrected chi connectivity index (χ4v) is 8.91. The number of nitrogens with zero attached hydrogens (tertiary/aromatic N) is 4. The van der Waals surface area contributed by atoms with Crippen molar-refractivity contribution in [3.63, 3.8) is 0 Å². The molecule has 0 radical (unpaired) electrons. The zero-order chi connectivity index (χ0) is 52.7. The first-order chi connectivity index (χ1) is 34.5. The normalized spacial score (nSPS) is 17.9. The third-order valence-electron chi connectivity index (χ3n) is 13.6. The van der Waals surface area contributed by atoms with Crippen LogP contribution >= 0.6 is 0 Å². The van der Waals surface area contributed by atoms with Gasteiger partial charge in [-0.2, -0.15) is 0 Å². The standard InChI is InChI=1S/C56H82N8O8/c1-39(2)53(67)61(33-29-45-23-15-13-16-24-45)37-47-27-21-31-63(47)55(69)49(59-51(65)41(5)57-9)43(7)71-35-19-11-12-20-36-72-44(8)50(60-52(66)42(6)58-10)56(70)64-32-22-28-48(64)38-62(54(68)40(3)4)34-30-46-25-17-14-18-26-46/h13-18,23-26,39-44,47-50,57-58H,21-22,27-38H2,1-10H3,(H,59,65)(H,60,66)/t41-,42-,43+,44+,47-,48-,49-,50-/m0/s1. The lowest BCUT2D eigenvalue weighted by molar-refractivity contribution is -0.143. The van der Waals surface area contributed by atoms with Crippen molar-refractivity contribution in [2.75, 3.05) is 66.6 Å². The molecule has 16 heteroatoms. The molecule has 0 aliphatic carbocycles. The third kappa shape index (κ3) is 18.1. The maximum absolute atomic E-state index is 14.4. The molecule has 394 valence electrons. The number of hydrogen-bond acceptors (Lipinski definition) is 10. The van der Waals surface area contributed by atoms with Crippen LogP contribution in [0.2, 0.25) is 0 Å². The summed E-state index contributed by atoms with van der Waals surface area (Å²) < 4.78 is 12.1. The summed E-state index contributed by atoms with van der Waals surface area (Å²) >= 11 is 0. The number of carbonyl (C=O) groups is 6. The average Bonchev–Trinajstić information content (AvgIpc) is 4.06. The van der Waals surface area contributed by atoms with Crippen LogP contribution in [0.4, 0.5) is 0 Å². The number of carbonyl (C=O) groups excluding carboxylic acids is 6. The number of rotatable bonds is 26. The van der Waals surface area contributed by atoms with Gasteiger partial charge in [0.25, 0.3) is 0 Å². The van der Waals surface area contributed by atoms with Crippen molar-refractivity contribution in [3.8, 4) is 23.7 Å². The average molecular weight is 995 g/mol. The topological polar surface area (TPSA) is 182 Å². The van der Waals surface area contributed by atoms with Crippen molar-refractivity contribution in [2.45, 2.75) is 142 Å². The Morgan fingerprint density at radius 1 is 0.583 bits per heavy atom. The maximum Gasteiger partial charge on any atom is 0.248 e. The van der Waals surface area contributed by atoms with E-state index in [1.165, 1.54) is 0 Å². The minimum atomic E-state index is -1.01. The van der Waals surface area contributed by atoms with Gasteiger partial charge in [0.1, 0.15) is 25.3 Å². The molecule has 0 bridgehead atoms. The molecule has 16 nitrogen and oxygen atoms in total. The minimum Gasteiger partial charge on any atom is -0.363 e. The van der Waals surface area contributed by atoms with E-state index >= 15 is 0 Å². The van der Waals surface area contributed by atoms with Crippen molar-refractivity contribution in [1.82, 2.24) is 40.9 Å². The molecule has 8 atom stereocenters. The summed E-state index contributed by atoms with van der Waals surface area (Å²) in [7, 11) is 3.34. The molecule has 2 fully saturated rings. The molecular formula is C56H82N8O8. The molecule has 6 amide bonds. The van der Waals surface area contributed by atoms with Gasteiger partial charge < -0.3 is 50.3 Å². The number of amides is 6. The largest absolute Gasteiger partial charge is 0.363 e. The number of nitrogens with one attached hydrogen (secondary N) is 4. The quantitative estimate of drug-likeness (QED) is 0.102. The van der Waals surface area contributed by atoms with Gasteiger partial charge in [0.15, 0.2) is 0 Å². The van der Waals surface area contributed by atoms with E-state index in [2.05, 4.69) is 44.9 Å². The van der Waals surface area contributed by atoms with E-state index in [4.69, 9.17) is 9.47 Å². The second-order valence-electron chi connectivity index (χ2n) is 19.6. The summed E-state index contributed by atoms with van der Waals surface area (Å²) in [6.07, 6.45) is 2.86. The molecule has 2 aromatic carbocycles. The summed E-state index contributed by atoms with van der Waals surface area (Å²) in [5, 5.41) is 11.7. The molecule has 0 unspecified atom stereocenters. The zero-order valence-corrected chi connectivity index (χ0v) is 44.5. The Morgan fingerprint density at radius 2 is 0.944 bits per heavy atom. The van der Waals surface area contributed by atoms with Crippen molar-refractivity contribution in [2.24, 2.45) is 11.8 Å². The third-order valence-corrected chi connectivity index (χ3v) is 13.6. The number of likely N-dealkylation sites (N-methyl/N-ethyl adjacent to an activating group) is 2.